The molecule has 9 heteroatoms. The van der Waals surface area contributed by atoms with Crippen LogP contribution in [0.2, 0.25) is 0 Å². The van der Waals surface area contributed by atoms with Crippen LogP contribution in [0.15, 0.2) is 75.2 Å². The normalized spacial score (nSPS) is 10.9. The number of benzene rings is 3. The molecule has 2 N–H and O–H groups in total. The van der Waals surface area contributed by atoms with Crippen molar-refractivity contribution >= 4 is 55.5 Å². The van der Waals surface area contributed by atoms with Gasteiger partial charge in [0.25, 0.3) is 5.91 Å². The van der Waals surface area contributed by atoms with E-state index in [9.17, 15) is 19.2 Å². The largest absolute Gasteiger partial charge is 0.487 e. The van der Waals surface area contributed by atoms with Crippen LogP contribution in [0.3, 0.4) is 0 Å². The zero-order valence-electron chi connectivity index (χ0n) is 16.8. The second-order valence-corrected chi connectivity index (χ2v) is 8.50. The van der Waals surface area contributed by atoms with Gasteiger partial charge in [0.2, 0.25) is 0 Å². The van der Waals surface area contributed by atoms with Gasteiger partial charge in [-0.25, -0.2) is 9.18 Å². The SMILES string of the molecule is N#C/C(=C\c1cc(Br)cc(Br)c1OCc1ccc(C(=O)O)cc1)C(=O)Nc1ccc(F)cc1. The van der Waals surface area contributed by atoms with Crippen molar-refractivity contribution in [1.29, 1.82) is 5.26 Å². The van der Waals surface area contributed by atoms with E-state index in [2.05, 4.69) is 37.2 Å². The summed E-state index contributed by atoms with van der Waals surface area (Å²) in [4.78, 5) is 23.6. The highest BCUT2D eigenvalue weighted by molar-refractivity contribution is 9.11. The summed E-state index contributed by atoms with van der Waals surface area (Å²) in [6.07, 6.45) is 1.39. The molecule has 0 spiro atoms. The highest BCUT2D eigenvalue weighted by Gasteiger charge is 2.15. The number of aromatic carboxylic acids is 1. The fraction of sp³-hybridized carbons (Fsp3) is 0.0417. The Balaban J connectivity index is 1.85. The van der Waals surface area contributed by atoms with Crippen molar-refractivity contribution in [1.82, 2.24) is 0 Å². The van der Waals surface area contributed by atoms with Gasteiger partial charge in [-0.05, 0) is 76.1 Å². The van der Waals surface area contributed by atoms with Crippen molar-refractivity contribution in [2.75, 3.05) is 5.32 Å². The fourth-order valence-electron chi connectivity index (χ4n) is 2.77. The molecule has 0 fully saturated rings. The number of rotatable bonds is 7. The van der Waals surface area contributed by atoms with Crippen LogP contribution in [0.1, 0.15) is 21.5 Å². The Labute approximate surface area is 205 Å². The van der Waals surface area contributed by atoms with Gasteiger partial charge in [0.15, 0.2) is 0 Å². The van der Waals surface area contributed by atoms with E-state index >= 15 is 0 Å². The molecule has 0 atom stereocenters. The molecule has 0 aliphatic rings. The van der Waals surface area contributed by atoms with E-state index < -0.39 is 17.7 Å². The van der Waals surface area contributed by atoms with Gasteiger partial charge in [-0.15, -0.1) is 0 Å². The number of anilines is 1. The summed E-state index contributed by atoms with van der Waals surface area (Å²) in [5.41, 5.74) is 1.53. The molecule has 3 aromatic carbocycles. The Bertz CT molecular complexity index is 1270. The number of carbonyl (C=O) groups is 2. The number of carbonyl (C=O) groups excluding carboxylic acids is 1. The van der Waals surface area contributed by atoms with E-state index in [0.29, 0.717) is 25.9 Å². The van der Waals surface area contributed by atoms with Crippen molar-refractivity contribution in [2.24, 2.45) is 0 Å². The number of carboxylic acids is 1. The van der Waals surface area contributed by atoms with Crippen molar-refractivity contribution < 1.29 is 23.8 Å². The Hall–Kier alpha value is -3.48. The van der Waals surface area contributed by atoms with Gasteiger partial charge in [0.1, 0.15) is 29.8 Å². The number of nitrogens with one attached hydrogen (secondary N) is 1. The van der Waals surface area contributed by atoms with Gasteiger partial charge in [0.05, 0.1) is 10.0 Å². The second-order valence-electron chi connectivity index (χ2n) is 6.73. The summed E-state index contributed by atoms with van der Waals surface area (Å²) in [5.74, 6) is -1.73. The first-order valence-electron chi connectivity index (χ1n) is 9.39. The topological polar surface area (TPSA) is 99.4 Å². The first-order chi connectivity index (χ1) is 15.8. The molecular weight excluding hydrogens is 559 g/mol. The summed E-state index contributed by atoms with van der Waals surface area (Å²) >= 11 is 6.82. The van der Waals surface area contributed by atoms with E-state index in [-0.39, 0.29) is 17.7 Å². The van der Waals surface area contributed by atoms with Gasteiger partial charge in [0, 0.05) is 15.7 Å². The molecule has 0 bridgehead atoms. The van der Waals surface area contributed by atoms with Crippen LogP contribution in [0.25, 0.3) is 6.08 Å². The predicted molar refractivity (Wildman–Crippen MR) is 128 cm³/mol. The lowest BCUT2D eigenvalue weighted by molar-refractivity contribution is -0.112. The first kappa shape index (κ1) is 24.2. The van der Waals surface area contributed by atoms with Crippen LogP contribution in [0.5, 0.6) is 5.75 Å². The molecule has 1 amide bonds. The van der Waals surface area contributed by atoms with Gasteiger partial charge >= 0.3 is 5.97 Å². The van der Waals surface area contributed by atoms with Gasteiger partial charge in [-0.3, -0.25) is 4.79 Å². The Morgan fingerprint density at radius 3 is 2.36 bits per heavy atom. The molecule has 0 aromatic heterocycles. The quantitative estimate of drug-likeness (QED) is 0.260. The number of nitrogens with zero attached hydrogens (tertiary/aromatic N) is 1. The minimum absolute atomic E-state index is 0.130. The second kappa shape index (κ2) is 10.9. The lowest BCUT2D eigenvalue weighted by Gasteiger charge is -2.13. The third-order valence-corrected chi connectivity index (χ3v) is 5.44. The van der Waals surface area contributed by atoms with Crippen LogP contribution < -0.4 is 10.1 Å². The molecule has 3 rings (SSSR count). The average molecular weight is 574 g/mol. The van der Waals surface area contributed by atoms with E-state index in [0.717, 1.165) is 5.56 Å². The highest BCUT2D eigenvalue weighted by atomic mass is 79.9. The van der Waals surface area contributed by atoms with Crippen molar-refractivity contribution in [3.05, 3.63) is 97.7 Å². The third-order valence-electron chi connectivity index (χ3n) is 4.39. The molecule has 0 unspecified atom stereocenters. The summed E-state index contributed by atoms with van der Waals surface area (Å²) in [6, 6.07) is 16.7. The van der Waals surface area contributed by atoms with E-state index in [1.807, 2.05) is 6.07 Å². The molecule has 166 valence electrons. The number of halogens is 3. The first-order valence-corrected chi connectivity index (χ1v) is 11.0. The predicted octanol–water partition coefficient (Wildman–Crippen LogP) is 6.17. The Morgan fingerprint density at radius 2 is 1.76 bits per heavy atom. The molecule has 0 radical (unpaired) electrons. The molecule has 3 aromatic rings. The van der Waals surface area contributed by atoms with E-state index in [1.54, 1.807) is 24.3 Å². The van der Waals surface area contributed by atoms with Crippen LogP contribution in [-0.2, 0) is 11.4 Å². The van der Waals surface area contributed by atoms with Crippen LogP contribution in [-0.4, -0.2) is 17.0 Å². The van der Waals surface area contributed by atoms with Crippen molar-refractivity contribution in [3.8, 4) is 11.8 Å². The van der Waals surface area contributed by atoms with Crippen molar-refractivity contribution in [3.63, 3.8) is 0 Å². The minimum Gasteiger partial charge on any atom is -0.487 e. The summed E-state index contributed by atoms with van der Waals surface area (Å²) < 4.78 is 20.3. The smallest absolute Gasteiger partial charge is 0.335 e. The maximum Gasteiger partial charge on any atom is 0.335 e. The van der Waals surface area contributed by atoms with Crippen LogP contribution in [0.4, 0.5) is 10.1 Å². The fourth-order valence-corrected chi connectivity index (χ4v) is 4.15. The molecule has 0 heterocycles. The van der Waals surface area contributed by atoms with Gasteiger partial charge < -0.3 is 15.2 Å². The maximum absolute atomic E-state index is 13.1. The Kier molecular flexibility index (Phi) is 7.98. The average Bonchev–Trinajstić information content (AvgIpc) is 2.78. The number of carboxylic acid groups (broad SMARTS) is 1. The van der Waals surface area contributed by atoms with Crippen LogP contribution in [0, 0.1) is 17.1 Å². The van der Waals surface area contributed by atoms with Gasteiger partial charge in [-0.2, -0.15) is 5.26 Å². The lowest BCUT2D eigenvalue weighted by Crippen LogP contribution is -2.13. The molecule has 0 aliphatic carbocycles. The number of nitriles is 1. The molecule has 33 heavy (non-hydrogen) atoms. The van der Waals surface area contributed by atoms with Crippen molar-refractivity contribution in [2.45, 2.75) is 6.61 Å². The highest BCUT2D eigenvalue weighted by Crippen LogP contribution is 2.35. The number of ether oxygens (including phenoxy) is 1. The summed E-state index contributed by atoms with van der Waals surface area (Å²) in [5, 5.41) is 21.1. The zero-order valence-corrected chi connectivity index (χ0v) is 20.0. The molecule has 6 nitrogen and oxygen atoms in total. The summed E-state index contributed by atoms with van der Waals surface area (Å²) in [7, 11) is 0. The number of hydrogen-bond acceptors (Lipinski definition) is 4. The summed E-state index contributed by atoms with van der Waals surface area (Å²) in [6.45, 7) is 0.130. The molecular formula is C24H15Br2FN2O4. The molecule has 0 saturated carbocycles. The lowest BCUT2D eigenvalue weighted by atomic mass is 10.1. The third kappa shape index (κ3) is 6.51. The van der Waals surface area contributed by atoms with Crippen LogP contribution >= 0.6 is 31.9 Å². The number of hydrogen-bond donors (Lipinski definition) is 2. The van der Waals surface area contributed by atoms with E-state index in [1.165, 1.54) is 42.5 Å². The maximum atomic E-state index is 13.1. The molecule has 0 aliphatic heterocycles. The monoisotopic (exact) mass is 572 g/mol. The van der Waals surface area contributed by atoms with Gasteiger partial charge in [-0.1, -0.05) is 28.1 Å². The number of amides is 1. The molecule has 0 saturated heterocycles. The Morgan fingerprint density at radius 1 is 1.09 bits per heavy atom. The van der Waals surface area contributed by atoms with E-state index in [4.69, 9.17) is 9.84 Å². The minimum atomic E-state index is -1.02. The standard InChI is InChI=1S/C24H15Br2FN2O4/c25-18-10-16(9-17(12-28)23(30)29-20-7-5-19(27)6-8-20)22(21(26)11-18)33-13-14-1-3-15(4-2-14)24(31)32/h1-11H,13H2,(H,29,30)(H,31,32)/b17-9+. The zero-order chi connectivity index (χ0) is 24.0.